The number of rotatable bonds is 7. The smallest absolute Gasteiger partial charge is 0.340 e. The van der Waals surface area contributed by atoms with Gasteiger partial charge in [0, 0.05) is 34.6 Å². The lowest BCUT2D eigenvalue weighted by atomic mass is 9.90. The average molecular weight is 497 g/mol. The fraction of sp³-hybridized carbons (Fsp3) is 0.133. The van der Waals surface area contributed by atoms with Gasteiger partial charge in [-0.2, -0.15) is 0 Å². The van der Waals surface area contributed by atoms with Crippen LogP contribution in [-0.4, -0.2) is 29.8 Å². The van der Waals surface area contributed by atoms with Crippen LogP contribution in [0.5, 0.6) is 0 Å². The van der Waals surface area contributed by atoms with Crippen LogP contribution >= 0.6 is 11.6 Å². The zero-order valence-corrected chi connectivity index (χ0v) is 20.5. The van der Waals surface area contributed by atoms with Crippen LogP contribution in [0.1, 0.15) is 32.7 Å². The maximum Gasteiger partial charge on any atom is 0.340 e. The maximum absolute atomic E-state index is 13.5. The number of hydrogen-bond acceptors (Lipinski definition) is 5. The van der Waals surface area contributed by atoms with Crippen molar-refractivity contribution < 1.29 is 14.3 Å². The number of esters is 1. The molecule has 36 heavy (non-hydrogen) atoms. The second-order valence-electron chi connectivity index (χ2n) is 8.71. The van der Waals surface area contributed by atoms with Gasteiger partial charge in [0.1, 0.15) is 0 Å². The first-order chi connectivity index (χ1) is 17.5. The highest BCUT2D eigenvalue weighted by Crippen LogP contribution is 2.37. The summed E-state index contributed by atoms with van der Waals surface area (Å²) in [4.78, 5) is 28.1. The number of Topliss-reactive ketones (excluding diaryl/α,β-unsaturated/α-hetero) is 1. The summed E-state index contributed by atoms with van der Waals surface area (Å²) in [6, 6.07) is 24.7. The first-order valence-corrected chi connectivity index (χ1v) is 12.1. The molecular weight excluding hydrogens is 472 g/mol. The number of benzene rings is 3. The van der Waals surface area contributed by atoms with Crippen LogP contribution in [0.4, 0.5) is 5.69 Å². The molecule has 5 rings (SSSR count). The summed E-state index contributed by atoms with van der Waals surface area (Å²) in [6.45, 7) is 0.703. The lowest BCUT2D eigenvalue weighted by Crippen LogP contribution is -2.29. The van der Waals surface area contributed by atoms with Crippen molar-refractivity contribution in [2.45, 2.75) is 19.0 Å². The summed E-state index contributed by atoms with van der Waals surface area (Å²) in [5.74, 6) is -0.484. The van der Waals surface area contributed by atoms with E-state index in [1.807, 2.05) is 60.8 Å². The van der Waals surface area contributed by atoms with Gasteiger partial charge in [0.25, 0.3) is 0 Å². The van der Waals surface area contributed by atoms with E-state index in [9.17, 15) is 9.59 Å². The molecule has 2 aliphatic rings. The van der Waals surface area contributed by atoms with E-state index in [1.54, 1.807) is 18.2 Å². The highest BCUT2D eigenvalue weighted by atomic mass is 35.5. The summed E-state index contributed by atoms with van der Waals surface area (Å²) >= 11 is 6.12. The number of ketones is 1. The van der Waals surface area contributed by atoms with E-state index in [0.717, 1.165) is 11.3 Å². The second kappa shape index (κ2) is 10.3. The maximum atomic E-state index is 13.5. The Morgan fingerprint density at radius 2 is 1.75 bits per heavy atom. The number of allylic oxidation sites excluding steroid dienone is 1. The third kappa shape index (κ3) is 4.83. The number of ether oxygens (including phenoxy) is 1. The SMILES string of the molecule is COC(=O)c1cc(Cl)ccc1NC1=CCC2C(=C1)C(C(=O)c1ccccc1)=CN2Cc1ccccc1. The minimum atomic E-state index is -0.475. The Morgan fingerprint density at radius 1 is 1.03 bits per heavy atom. The summed E-state index contributed by atoms with van der Waals surface area (Å²) < 4.78 is 4.93. The molecule has 0 saturated heterocycles. The normalized spacial score (nSPS) is 16.4. The molecule has 0 fully saturated rings. The number of nitrogens with zero attached hydrogens (tertiary/aromatic N) is 1. The summed E-state index contributed by atoms with van der Waals surface area (Å²) in [7, 11) is 1.34. The number of nitrogens with one attached hydrogen (secondary N) is 1. The Bertz CT molecular complexity index is 1390. The fourth-order valence-corrected chi connectivity index (χ4v) is 4.79. The summed E-state index contributed by atoms with van der Waals surface area (Å²) in [6.07, 6.45) is 6.79. The second-order valence-corrected chi connectivity index (χ2v) is 9.15. The van der Waals surface area contributed by atoms with Crippen molar-refractivity contribution >= 4 is 29.0 Å². The van der Waals surface area contributed by atoms with Gasteiger partial charge in [0.05, 0.1) is 24.4 Å². The summed E-state index contributed by atoms with van der Waals surface area (Å²) in [5.41, 5.74) is 5.21. The lowest BCUT2D eigenvalue weighted by molar-refractivity contribution is 0.0601. The van der Waals surface area contributed by atoms with Crippen LogP contribution in [0.3, 0.4) is 0 Å². The predicted octanol–water partition coefficient (Wildman–Crippen LogP) is 6.40. The third-order valence-electron chi connectivity index (χ3n) is 6.39. The van der Waals surface area contributed by atoms with Gasteiger partial charge in [-0.05, 0) is 41.8 Å². The molecule has 6 heteroatoms. The molecular formula is C30H25ClN2O3. The monoisotopic (exact) mass is 496 g/mol. The molecule has 0 radical (unpaired) electrons. The quantitative estimate of drug-likeness (QED) is 0.303. The molecule has 0 saturated carbocycles. The number of carbonyl (C=O) groups is 2. The Balaban J connectivity index is 1.48. The molecule has 5 nitrogen and oxygen atoms in total. The van der Waals surface area contributed by atoms with E-state index in [-0.39, 0.29) is 11.8 Å². The van der Waals surface area contributed by atoms with Gasteiger partial charge in [0.2, 0.25) is 0 Å². The van der Waals surface area contributed by atoms with Gasteiger partial charge in [-0.3, -0.25) is 4.79 Å². The number of methoxy groups -OCH3 is 1. The number of hydrogen-bond donors (Lipinski definition) is 1. The van der Waals surface area contributed by atoms with Gasteiger partial charge in [-0.1, -0.05) is 78.3 Å². The number of anilines is 1. The molecule has 1 aliphatic carbocycles. The number of fused-ring (bicyclic) bond motifs is 1. The van der Waals surface area contributed by atoms with Crippen LogP contribution in [0.25, 0.3) is 0 Å². The van der Waals surface area contributed by atoms with Gasteiger partial charge in [-0.15, -0.1) is 0 Å². The van der Waals surface area contributed by atoms with E-state index in [1.165, 1.54) is 12.7 Å². The Morgan fingerprint density at radius 3 is 2.47 bits per heavy atom. The van der Waals surface area contributed by atoms with Crippen molar-refractivity contribution in [3.05, 3.63) is 136 Å². The third-order valence-corrected chi connectivity index (χ3v) is 6.63. The van der Waals surface area contributed by atoms with Crippen LogP contribution in [0.2, 0.25) is 5.02 Å². The predicted molar refractivity (Wildman–Crippen MR) is 142 cm³/mol. The largest absolute Gasteiger partial charge is 0.465 e. The minimum absolute atomic E-state index is 0.00888. The van der Waals surface area contributed by atoms with Gasteiger partial charge < -0.3 is 15.0 Å². The lowest BCUT2D eigenvalue weighted by Gasteiger charge is -2.29. The number of carbonyl (C=O) groups excluding carboxylic acids is 2. The molecule has 1 heterocycles. The molecule has 1 aliphatic heterocycles. The Hall–Kier alpha value is -4.09. The zero-order chi connectivity index (χ0) is 25.1. The van der Waals surface area contributed by atoms with E-state index in [0.29, 0.717) is 40.4 Å². The van der Waals surface area contributed by atoms with Gasteiger partial charge >= 0.3 is 5.97 Å². The average Bonchev–Trinajstić information content (AvgIpc) is 3.27. The van der Waals surface area contributed by atoms with Crippen LogP contribution in [0.15, 0.2) is 114 Å². The van der Waals surface area contributed by atoms with E-state index < -0.39 is 5.97 Å². The molecule has 1 N–H and O–H groups in total. The van der Waals surface area contributed by atoms with Crippen molar-refractivity contribution in [2.24, 2.45) is 0 Å². The van der Waals surface area contributed by atoms with Gasteiger partial charge in [-0.25, -0.2) is 4.79 Å². The Labute approximate surface area is 215 Å². The zero-order valence-electron chi connectivity index (χ0n) is 19.8. The minimum Gasteiger partial charge on any atom is -0.465 e. The molecule has 0 amide bonds. The first kappa shape index (κ1) is 23.6. The standard InChI is InChI=1S/C30H25ClN2O3/c1-36-30(35)25-16-22(31)12-14-27(25)32-23-13-15-28-24(17-23)26(29(34)21-10-6-3-7-11-21)19-33(28)18-20-8-4-2-5-9-20/h2-14,16-17,19,28,32H,15,18H2,1H3. The summed E-state index contributed by atoms with van der Waals surface area (Å²) in [5, 5.41) is 3.78. The van der Waals surface area contributed by atoms with Crippen LogP contribution in [-0.2, 0) is 11.3 Å². The van der Waals surface area contributed by atoms with E-state index in [4.69, 9.17) is 16.3 Å². The molecule has 0 aromatic heterocycles. The molecule has 1 unspecified atom stereocenters. The molecule has 1 atom stereocenters. The van der Waals surface area contributed by atoms with Crippen molar-refractivity contribution in [3.63, 3.8) is 0 Å². The number of halogens is 1. The molecule has 3 aromatic rings. The van der Waals surface area contributed by atoms with Crippen molar-refractivity contribution in [1.82, 2.24) is 4.90 Å². The molecule has 3 aromatic carbocycles. The molecule has 180 valence electrons. The topological polar surface area (TPSA) is 58.6 Å². The molecule has 0 bridgehead atoms. The Kier molecular flexibility index (Phi) is 6.74. The van der Waals surface area contributed by atoms with Crippen molar-refractivity contribution in [1.29, 1.82) is 0 Å². The van der Waals surface area contributed by atoms with Crippen molar-refractivity contribution in [3.8, 4) is 0 Å². The first-order valence-electron chi connectivity index (χ1n) is 11.7. The highest BCUT2D eigenvalue weighted by Gasteiger charge is 2.35. The highest BCUT2D eigenvalue weighted by molar-refractivity contribution is 6.31. The van der Waals surface area contributed by atoms with E-state index >= 15 is 0 Å². The van der Waals surface area contributed by atoms with E-state index in [2.05, 4.69) is 28.4 Å². The fourth-order valence-electron chi connectivity index (χ4n) is 4.62. The van der Waals surface area contributed by atoms with Gasteiger partial charge in [0.15, 0.2) is 5.78 Å². The van der Waals surface area contributed by atoms with Crippen LogP contribution < -0.4 is 5.32 Å². The molecule has 0 spiro atoms. The van der Waals surface area contributed by atoms with Crippen molar-refractivity contribution in [2.75, 3.05) is 12.4 Å². The van der Waals surface area contributed by atoms with Crippen LogP contribution in [0, 0.1) is 0 Å².